The van der Waals surface area contributed by atoms with Crippen molar-refractivity contribution in [3.05, 3.63) is 52.5 Å². The van der Waals surface area contributed by atoms with Gasteiger partial charge < -0.3 is 9.64 Å². The molecule has 0 saturated heterocycles. The Morgan fingerprint density at radius 3 is 2.27 bits per heavy atom. The van der Waals surface area contributed by atoms with Gasteiger partial charge in [0, 0.05) is 28.8 Å². The zero-order valence-electron chi connectivity index (χ0n) is 14.8. The zero-order valence-corrected chi connectivity index (χ0v) is 17.2. The van der Waals surface area contributed by atoms with E-state index in [1.807, 2.05) is 13.8 Å². The van der Waals surface area contributed by atoms with E-state index in [9.17, 15) is 13.2 Å². The number of rotatable bonds is 7. The van der Waals surface area contributed by atoms with E-state index in [0.29, 0.717) is 24.3 Å². The predicted octanol–water partition coefficient (Wildman–Crippen LogP) is 3.74. The summed E-state index contributed by atoms with van der Waals surface area (Å²) < 4.78 is 34.2. The fourth-order valence-electron chi connectivity index (χ4n) is 2.44. The molecule has 2 aromatic carbocycles. The zero-order chi connectivity index (χ0) is 19.3. The van der Waals surface area contributed by atoms with Crippen molar-refractivity contribution in [1.29, 1.82) is 0 Å². The molecule has 0 aliphatic rings. The van der Waals surface area contributed by atoms with Crippen LogP contribution in [0.5, 0.6) is 5.75 Å². The second-order valence-electron chi connectivity index (χ2n) is 5.46. The van der Waals surface area contributed by atoms with Crippen LogP contribution in [0.3, 0.4) is 0 Å². The summed E-state index contributed by atoms with van der Waals surface area (Å²) in [6.07, 6.45) is 0. The molecule has 2 rings (SSSR count). The van der Waals surface area contributed by atoms with Crippen LogP contribution in [0.2, 0.25) is 0 Å². The molecule has 1 amide bonds. The Morgan fingerprint density at radius 1 is 1.12 bits per heavy atom. The lowest BCUT2D eigenvalue weighted by atomic mass is 10.2. The first-order chi connectivity index (χ1) is 12.3. The van der Waals surface area contributed by atoms with Crippen LogP contribution in [-0.2, 0) is 10.0 Å². The first-order valence-electron chi connectivity index (χ1n) is 8.08. The molecule has 0 saturated carbocycles. The number of carbonyl (C=O) groups excluding carboxylic acids is 1. The number of halogens is 1. The highest BCUT2D eigenvalue weighted by Gasteiger charge is 2.23. The number of carbonyl (C=O) groups is 1. The van der Waals surface area contributed by atoms with Crippen molar-refractivity contribution in [2.24, 2.45) is 0 Å². The topological polar surface area (TPSA) is 75.7 Å². The first-order valence-corrected chi connectivity index (χ1v) is 10.4. The van der Waals surface area contributed by atoms with Gasteiger partial charge in [-0.3, -0.25) is 9.52 Å². The van der Waals surface area contributed by atoms with Crippen molar-refractivity contribution in [2.75, 3.05) is 24.9 Å². The van der Waals surface area contributed by atoms with Crippen LogP contribution in [-0.4, -0.2) is 39.4 Å². The standard InChI is InChI=1S/C18H21BrN2O4S/c1-4-21(5-2)18(22)13-6-11-16(25-3)17(12-13)26(23,24)20-15-9-7-14(19)8-10-15/h6-12,20H,4-5H2,1-3H3. The van der Waals surface area contributed by atoms with E-state index in [1.165, 1.54) is 19.2 Å². The summed E-state index contributed by atoms with van der Waals surface area (Å²) in [7, 11) is -2.54. The number of amides is 1. The normalized spacial score (nSPS) is 11.1. The van der Waals surface area contributed by atoms with Crippen LogP contribution in [0.4, 0.5) is 5.69 Å². The lowest BCUT2D eigenvalue weighted by Gasteiger charge is -2.19. The third kappa shape index (κ3) is 4.56. The number of nitrogens with zero attached hydrogens (tertiary/aromatic N) is 1. The van der Waals surface area contributed by atoms with Gasteiger partial charge in [-0.2, -0.15) is 0 Å². The van der Waals surface area contributed by atoms with E-state index >= 15 is 0 Å². The molecule has 6 nitrogen and oxygen atoms in total. The largest absolute Gasteiger partial charge is 0.495 e. The number of nitrogens with one attached hydrogen (secondary N) is 1. The summed E-state index contributed by atoms with van der Waals surface area (Å²) in [6.45, 7) is 4.83. The Labute approximate surface area is 162 Å². The van der Waals surface area contributed by atoms with Crippen LogP contribution in [0.25, 0.3) is 0 Å². The molecule has 8 heteroatoms. The Balaban J connectivity index is 2.43. The van der Waals surface area contributed by atoms with Gasteiger partial charge in [0.15, 0.2) is 0 Å². The molecule has 0 radical (unpaired) electrons. The maximum atomic E-state index is 12.8. The summed E-state index contributed by atoms with van der Waals surface area (Å²) in [5.41, 5.74) is 0.710. The van der Waals surface area contributed by atoms with E-state index < -0.39 is 10.0 Å². The van der Waals surface area contributed by atoms with Gasteiger partial charge in [0.2, 0.25) is 0 Å². The maximum absolute atomic E-state index is 12.8. The van der Waals surface area contributed by atoms with Crippen LogP contribution in [0.1, 0.15) is 24.2 Å². The molecule has 26 heavy (non-hydrogen) atoms. The monoisotopic (exact) mass is 440 g/mol. The van der Waals surface area contributed by atoms with Gasteiger partial charge in [0.25, 0.3) is 15.9 Å². The van der Waals surface area contributed by atoms with Crippen LogP contribution in [0.15, 0.2) is 51.8 Å². The molecule has 0 unspecified atom stereocenters. The predicted molar refractivity (Wildman–Crippen MR) is 105 cm³/mol. The van der Waals surface area contributed by atoms with Crippen molar-refractivity contribution in [3.63, 3.8) is 0 Å². The van der Waals surface area contributed by atoms with Gasteiger partial charge >= 0.3 is 0 Å². The van der Waals surface area contributed by atoms with Crippen molar-refractivity contribution >= 4 is 37.5 Å². The van der Waals surface area contributed by atoms with Gasteiger partial charge in [-0.1, -0.05) is 15.9 Å². The van der Waals surface area contributed by atoms with Gasteiger partial charge in [0.1, 0.15) is 10.6 Å². The van der Waals surface area contributed by atoms with Crippen molar-refractivity contribution in [1.82, 2.24) is 4.90 Å². The second kappa shape index (κ2) is 8.55. The molecule has 0 aromatic heterocycles. The molecule has 0 aliphatic carbocycles. The maximum Gasteiger partial charge on any atom is 0.265 e. The molecule has 2 aromatic rings. The van der Waals surface area contributed by atoms with Gasteiger partial charge in [-0.05, 0) is 56.3 Å². The van der Waals surface area contributed by atoms with Crippen molar-refractivity contribution in [3.8, 4) is 5.75 Å². The number of hydrogen-bond acceptors (Lipinski definition) is 4. The van der Waals surface area contributed by atoms with E-state index in [-0.39, 0.29) is 16.6 Å². The van der Waals surface area contributed by atoms with Gasteiger partial charge in [-0.25, -0.2) is 8.42 Å². The number of ether oxygens (including phenoxy) is 1. The smallest absolute Gasteiger partial charge is 0.265 e. The molecule has 0 bridgehead atoms. The van der Waals surface area contributed by atoms with E-state index in [1.54, 1.807) is 35.2 Å². The molecule has 0 atom stereocenters. The molecular weight excluding hydrogens is 420 g/mol. The summed E-state index contributed by atoms with van der Waals surface area (Å²) in [5.74, 6) is -0.0524. The Bertz CT molecular complexity index is 879. The van der Waals surface area contributed by atoms with Crippen LogP contribution < -0.4 is 9.46 Å². The number of anilines is 1. The molecular formula is C18H21BrN2O4S. The molecule has 0 aliphatic heterocycles. The lowest BCUT2D eigenvalue weighted by molar-refractivity contribution is 0.0772. The fraction of sp³-hybridized carbons (Fsp3) is 0.278. The van der Waals surface area contributed by atoms with E-state index in [2.05, 4.69) is 20.7 Å². The SMILES string of the molecule is CCN(CC)C(=O)c1ccc(OC)c(S(=O)(=O)Nc2ccc(Br)cc2)c1. The molecule has 140 valence electrons. The van der Waals surface area contributed by atoms with E-state index in [0.717, 1.165) is 4.47 Å². The number of sulfonamides is 1. The summed E-state index contributed by atoms with van der Waals surface area (Å²) in [6, 6.07) is 11.1. The average Bonchev–Trinajstić information content (AvgIpc) is 2.63. The molecule has 0 spiro atoms. The van der Waals surface area contributed by atoms with Gasteiger partial charge in [0.05, 0.1) is 7.11 Å². The minimum Gasteiger partial charge on any atom is -0.495 e. The average molecular weight is 441 g/mol. The lowest BCUT2D eigenvalue weighted by Crippen LogP contribution is -2.30. The molecule has 1 N–H and O–H groups in total. The highest BCUT2D eigenvalue weighted by atomic mass is 79.9. The Kier molecular flexibility index (Phi) is 6.66. The third-order valence-corrected chi connectivity index (χ3v) is 5.78. The molecule has 0 heterocycles. The van der Waals surface area contributed by atoms with Crippen LogP contribution >= 0.6 is 15.9 Å². The first kappa shape index (κ1) is 20.3. The summed E-state index contributed by atoms with van der Waals surface area (Å²) in [5, 5.41) is 0. The van der Waals surface area contributed by atoms with Crippen molar-refractivity contribution in [2.45, 2.75) is 18.7 Å². The Morgan fingerprint density at radius 2 is 1.73 bits per heavy atom. The quantitative estimate of drug-likeness (QED) is 0.711. The molecule has 0 fully saturated rings. The van der Waals surface area contributed by atoms with Crippen LogP contribution in [0, 0.1) is 0 Å². The minimum absolute atomic E-state index is 0.0825. The highest BCUT2D eigenvalue weighted by Crippen LogP contribution is 2.28. The Hall–Kier alpha value is -2.06. The number of benzene rings is 2. The summed E-state index contributed by atoms with van der Waals surface area (Å²) in [4.78, 5) is 14.1. The van der Waals surface area contributed by atoms with E-state index in [4.69, 9.17) is 4.74 Å². The van der Waals surface area contributed by atoms with Crippen molar-refractivity contribution < 1.29 is 17.9 Å². The number of methoxy groups -OCH3 is 1. The minimum atomic E-state index is -3.93. The summed E-state index contributed by atoms with van der Waals surface area (Å²) >= 11 is 3.31. The number of hydrogen-bond donors (Lipinski definition) is 1. The third-order valence-electron chi connectivity index (χ3n) is 3.85. The fourth-order valence-corrected chi connectivity index (χ4v) is 3.96. The highest BCUT2D eigenvalue weighted by molar-refractivity contribution is 9.10. The van der Waals surface area contributed by atoms with Gasteiger partial charge in [-0.15, -0.1) is 0 Å². The second-order valence-corrected chi connectivity index (χ2v) is 8.02.